The highest BCUT2D eigenvalue weighted by Gasteiger charge is 1.80. The molecule has 0 aromatic carbocycles. The third kappa shape index (κ3) is 3.20. The van der Waals surface area contributed by atoms with Crippen LogP contribution in [0, 0.1) is 10.1 Å². The molecule has 0 rings (SSSR count). The Hall–Kier alpha value is -0.800. The number of rotatable bonds is 2. The van der Waals surface area contributed by atoms with Gasteiger partial charge in [0.25, 0.3) is 0 Å². The van der Waals surface area contributed by atoms with E-state index < -0.39 is 5.03 Å². The Morgan fingerprint density at radius 2 is 2.50 bits per heavy atom. The summed E-state index contributed by atoms with van der Waals surface area (Å²) in [5.41, 5.74) is 1.93. The molecule has 0 unspecified atom stereocenters. The van der Waals surface area contributed by atoms with Crippen LogP contribution in [0.3, 0.4) is 0 Å². The van der Waals surface area contributed by atoms with Crippen molar-refractivity contribution < 1.29 is 5.03 Å². The lowest BCUT2D eigenvalue weighted by Crippen LogP contribution is -2.19. The highest BCUT2D eigenvalue weighted by atomic mass is 16.7. The van der Waals surface area contributed by atoms with E-state index in [0.717, 1.165) is 0 Å². The number of nitro groups is 1. The zero-order valence-electron chi connectivity index (χ0n) is 3.47. The monoisotopic (exact) mass is 90.0 g/mol. The summed E-state index contributed by atoms with van der Waals surface area (Å²) >= 11 is 0. The molecule has 0 spiro atoms. The van der Waals surface area contributed by atoms with Crippen LogP contribution < -0.4 is 5.43 Å². The lowest BCUT2D eigenvalue weighted by atomic mass is 10.8. The molecule has 0 aromatic heterocycles. The summed E-state index contributed by atoms with van der Waals surface area (Å²) in [7, 11) is 0. The molecular formula is C2H6N2O2. The summed E-state index contributed by atoms with van der Waals surface area (Å²) in [6.45, 7) is 2.05. The third-order valence-electron chi connectivity index (χ3n) is 0.287. The molecule has 4 heteroatoms. The predicted octanol–water partition coefficient (Wildman–Crippen LogP) is -0.212. The fourth-order valence-electron chi connectivity index (χ4n) is 0.129. The van der Waals surface area contributed by atoms with Crippen LogP contribution in [0.5, 0.6) is 0 Å². The molecule has 0 saturated carbocycles. The highest BCUT2D eigenvalue weighted by molar-refractivity contribution is 4.11. The predicted molar refractivity (Wildman–Crippen MR) is 20.7 cm³/mol. The van der Waals surface area contributed by atoms with Crippen LogP contribution in [-0.2, 0) is 0 Å². The number of hydrazine groups is 1. The Morgan fingerprint density at radius 3 is 2.50 bits per heavy atom. The average Bonchev–Trinajstić information content (AvgIpc) is 1.35. The summed E-state index contributed by atoms with van der Waals surface area (Å²) in [6, 6.07) is 0. The van der Waals surface area contributed by atoms with E-state index in [2.05, 4.69) is 0 Å². The van der Waals surface area contributed by atoms with Crippen molar-refractivity contribution in [2.45, 2.75) is 6.92 Å². The van der Waals surface area contributed by atoms with Gasteiger partial charge in [-0.1, -0.05) is 0 Å². The van der Waals surface area contributed by atoms with E-state index in [1.807, 2.05) is 5.43 Å². The fraction of sp³-hybridized carbons (Fsp3) is 1.00. The second-order valence-electron chi connectivity index (χ2n) is 0.769. The summed E-state index contributed by atoms with van der Waals surface area (Å²) in [6.07, 6.45) is 0. The lowest BCUT2D eigenvalue weighted by molar-refractivity contribution is -0.543. The Balaban J connectivity index is 2.83. The maximum Gasteiger partial charge on any atom is 0.157 e. The minimum atomic E-state index is -0.569. The number of nitrogens with zero attached hydrogens (tertiary/aromatic N) is 1. The van der Waals surface area contributed by atoms with Crippen molar-refractivity contribution in [3.05, 3.63) is 10.1 Å². The van der Waals surface area contributed by atoms with Crippen LogP contribution in [0.15, 0.2) is 0 Å². The van der Waals surface area contributed by atoms with Gasteiger partial charge in [-0.25, -0.2) is 10.1 Å². The van der Waals surface area contributed by atoms with Crippen molar-refractivity contribution >= 4 is 0 Å². The third-order valence-corrected chi connectivity index (χ3v) is 0.287. The highest BCUT2D eigenvalue weighted by Crippen LogP contribution is 1.51. The van der Waals surface area contributed by atoms with Crippen molar-refractivity contribution in [3.8, 4) is 0 Å². The van der Waals surface area contributed by atoms with E-state index in [1.54, 1.807) is 6.92 Å². The van der Waals surface area contributed by atoms with E-state index in [9.17, 15) is 10.1 Å². The zero-order chi connectivity index (χ0) is 4.99. The molecule has 1 N–H and O–H groups in total. The Morgan fingerprint density at radius 1 is 2.00 bits per heavy atom. The van der Waals surface area contributed by atoms with Gasteiger partial charge in [0.1, 0.15) is 0 Å². The maximum atomic E-state index is 9.29. The summed E-state index contributed by atoms with van der Waals surface area (Å²) in [5.74, 6) is 0. The topological polar surface area (TPSA) is 55.2 Å². The fourth-order valence-corrected chi connectivity index (χ4v) is 0.129. The summed E-state index contributed by atoms with van der Waals surface area (Å²) in [4.78, 5) is 9.29. The van der Waals surface area contributed by atoms with Gasteiger partial charge in [-0.05, 0) is 6.92 Å². The average molecular weight is 90.1 g/mol. The Kier molecular flexibility index (Phi) is 2.11. The molecule has 0 aromatic rings. The minimum Gasteiger partial charge on any atom is -0.235 e. The molecule has 0 fully saturated rings. The second kappa shape index (κ2) is 2.44. The van der Waals surface area contributed by atoms with Gasteiger partial charge in [0.2, 0.25) is 0 Å². The first-order chi connectivity index (χ1) is 2.77. The molecule has 0 aliphatic rings. The largest absolute Gasteiger partial charge is 0.235 e. The smallest absolute Gasteiger partial charge is 0.157 e. The zero-order valence-corrected chi connectivity index (χ0v) is 3.47. The Bertz CT molecular complexity index is 53.5. The Labute approximate surface area is 35.3 Å². The lowest BCUT2D eigenvalue weighted by Gasteiger charge is -1.83. The summed E-state index contributed by atoms with van der Waals surface area (Å²) in [5, 5.41) is 8.72. The normalized spacial score (nSPS) is 7.50. The molecule has 36 valence electrons. The van der Waals surface area contributed by atoms with E-state index in [0.29, 0.717) is 6.54 Å². The second-order valence-corrected chi connectivity index (χ2v) is 0.769. The van der Waals surface area contributed by atoms with E-state index >= 15 is 0 Å². The van der Waals surface area contributed by atoms with Gasteiger partial charge >= 0.3 is 0 Å². The van der Waals surface area contributed by atoms with Crippen LogP contribution in [0.2, 0.25) is 0 Å². The van der Waals surface area contributed by atoms with Crippen LogP contribution in [0.4, 0.5) is 0 Å². The molecule has 0 atom stereocenters. The minimum absolute atomic E-state index is 0.382. The van der Waals surface area contributed by atoms with Crippen molar-refractivity contribution in [2.24, 2.45) is 0 Å². The van der Waals surface area contributed by atoms with E-state index in [1.165, 1.54) is 0 Å². The van der Waals surface area contributed by atoms with Crippen molar-refractivity contribution in [1.82, 2.24) is 5.43 Å². The van der Waals surface area contributed by atoms with Crippen molar-refractivity contribution in [3.63, 3.8) is 0 Å². The molecule has 0 heterocycles. The van der Waals surface area contributed by atoms with Gasteiger partial charge in [-0.3, -0.25) is 0 Å². The quantitative estimate of drug-likeness (QED) is 0.377. The van der Waals surface area contributed by atoms with Gasteiger partial charge in [-0.2, -0.15) is 0 Å². The molecule has 0 radical (unpaired) electrons. The van der Waals surface area contributed by atoms with Crippen LogP contribution in [0.1, 0.15) is 6.92 Å². The number of hydrogen-bond donors (Lipinski definition) is 1. The van der Waals surface area contributed by atoms with Crippen LogP contribution >= 0.6 is 0 Å². The molecule has 6 heavy (non-hydrogen) atoms. The molecule has 4 nitrogen and oxygen atoms in total. The van der Waals surface area contributed by atoms with E-state index in [4.69, 9.17) is 0 Å². The molecule has 0 saturated heterocycles. The first-order valence-electron chi connectivity index (χ1n) is 1.65. The van der Waals surface area contributed by atoms with Crippen molar-refractivity contribution in [2.75, 3.05) is 6.54 Å². The SMILES string of the molecule is CCN[N+](=O)[O-]. The van der Waals surface area contributed by atoms with Crippen LogP contribution in [-0.4, -0.2) is 11.6 Å². The van der Waals surface area contributed by atoms with Gasteiger partial charge in [0, 0.05) is 0 Å². The maximum absolute atomic E-state index is 9.29. The molecule has 0 bridgehead atoms. The van der Waals surface area contributed by atoms with E-state index in [-0.39, 0.29) is 0 Å². The molecule has 0 aliphatic carbocycles. The van der Waals surface area contributed by atoms with Gasteiger partial charge in [0.15, 0.2) is 5.03 Å². The first-order valence-corrected chi connectivity index (χ1v) is 1.65. The van der Waals surface area contributed by atoms with Gasteiger partial charge in [-0.15, -0.1) is 5.43 Å². The molecule has 0 aliphatic heterocycles. The molecular weight excluding hydrogens is 84.0 g/mol. The number of nitrogens with one attached hydrogen (secondary N) is 1. The van der Waals surface area contributed by atoms with Crippen LogP contribution in [0.25, 0.3) is 0 Å². The van der Waals surface area contributed by atoms with Gasteiger partial charge < -0.3 is 0 Å². The molecule has 0 amide bonds. The standard InChI is InChI=1S/C2H6N2O2/c1-2-3-4(5)6/h3H,2H2,1H3. The van der Waals surface area contributed by atoms with Crippen molar-refractivity contribution in [1.29, 1.82) is 0 Å². The van der Waals surface area contributed by atoms with Gasteiger partial charge in [0.05, 0.1) is 6.54 Å². The number of hydrogen-bond acceptors (Lipinski definition) is 2. The first kappa shape index (κ1) is 5.20. The summed E-state index contributed by atoms with van der Waals surface area (Å²) < 4.78 is 0.